The summed E-state index contributed by atoms with van der Waals surface area (Å²) < 4.78 is 4.92. The number of hydrogen-bond donors (Lipinski definition) is 1. The molecule has 0 aliphatic carbocycles. The number of nitrogens with zero attached hydrogens (tertiary/aromatic N) is 2. The van der Waals surface area contributed by atoms with Crippen molar-refractivity contribution in [3.63, 3.8) is 0 Å². The second kappa shape index (κ2) is 7.64. The Kier molecular flexibility index (Phi) is 5.33. The summed E-state index contributed by atoms with van der Waals surface area (Å²) >= 11 is 0. The molecule has 0 aromatic carbocycles. The van der Waals surface area contributed by atoms with Gasteiger partial charge in [-0.25, -0.2) is 4.98 Å². The molecular weight excluding hydrogens is 306 g/mol. The van der Waals surface area contributed by atoms with Gasteiger partial charge in [0.05, 0.1) is 6.61 Å². The highest BCUT2D eigenvalue weighted by Gasteiger charge is 2.32. The van der Waals surface area contributed by atoms with Gasteiger partial charge in [-0.05, 0) is 50.7 Å². The monoisotopic (exact) mass is 331 g/mol. The van der Waals surface area contributed by atoms with Crippen LogP contribution in [0, 0.1) is 5.92 Å². The Balaban J connectivity index is 1.52. The maximum absolute atomic E-state index is 12.4. The van der Waals surface area contributed by atoms with Crippen LogP contribution in [0.15, 0.2) is 12.1 Å². The molecule has 0 unspecified atom stereocenters. The van der Waals surface area contributed by atoms with Gasteiger partial charge in [0, 0.05) is 24.7 Å². The number of anilines is 1. The normalized spacial score (nSPS) is 19.8. The van der Waals surface area contributed by atoms with Crippen molar-refractivity contribution in [3.05, 3.63) is 23.4 Å². The van der Waals surface area contributed by atoms with Crippen LogP contribution in [0.5, 0.6) is 0 Å². The topological polar surface area (TPSA) is 71.5 Å². The average Bonchev–Trinajstić information content (AvgIpc) is 2.93. The largest absolute Gasteiger partial charge is 0.465 e. The van der Waals surface area contributed by atoms with Crippen LogP contribution in [-0.2, 0) is 27.2 Å². The Hall–Kier alpha value is -2.11. The van der Waals surface area contributed by atoms with Gasteiger partial charge in [0.15, 0.2) is 0 Å². The van der Waals surface area contributed by atoms with Crippen LogP contribution in [0.2, 0.25) is 0 Å². The van der Waals surface area contributed by atoms with E-state index in [4.69, 9.17) is 4.74 Å². The molecule has 6 heteroatoms. The lowest BCUT2D eigenvalue weighted by Crippen LogP contribution is -2.33. The Bertz CT molecular complexity index is 618. The highest BCUT2D eigenvalue weighted by Crippen LogP contribution is 2.24. The van der Waals surface area contributed by atoms with Crippen LogP contribution in [0.25, 0.3) is 0 Å². The molecular formula is C18H25N3O3. The van der Waals surface area contributed by atoms with E-state index in [1.807, 2.05) is 0 Å². The molecule has 1 fully saturated rings. The van der Waals surface area contributed by atoms with Crippen molar-refractivity contribution < 1.29 is 14.3 Å². The van der Waals surface area contributed by atoms with E-state index in [-0.39, 0.29) is 24.3 Å². The quantitative estimate of drug-likeness (QED) is 0.805. The minimum atomic E-state index is -0.325. The maximum Gasteiger partial charge on any atom is 0.325 e. The SMILES string of the molecule is CCOC(=O)CN1CC[C@H](CCc2ccc3c(n2)NCCC3)C1=O. The summed E-state index contributed by atoms with van der Waals surface area (Å²) in [5, 5.41) is 3.34. The molecule has 2 aliphatic heterocycles. The zero-order chi connectivity index (χ0) is 16.9. The molecule has 1 N–H and O–H groups in total. The molecule has 1 amide bonds. The number of rotatable bonds is 6. The van der Waals surface area contributed by atoms with Crippen molar-refractivity contribution in [2.24, 2.45) is 5.92 Å². The second-order valence-corrected chi connectivity index (χ2v) is 6.43. The number of ether oxygens (including phenoxy) is 1. The van der Waals surface area contributed by atoms with E-state index in [9.17, 15) is 9.59 Å². The molecule has 24 heavy (non-hydrogen) atoms. The number of amides is 1. The molecule has 3 rings (SSSR count). The first-order valence-electron chi connectivity index (χ1n) is 8.84. The zero-order valence-electron chi connectivity index (χ0n) is 14.2. The number of carbonyl (C=O) groups is 2. The molecule has 130 valence electrons. The number of pyridine rings is 1. The number of aromatic nitrogens is 1. The average molecular weight is 331 g/mol. The highest BCUT2D eigenvalue weighted by molar-refractivity contribution is 5.85. The maximum atomic E-state index is 12.4. The first kappa shape index (κ1) is 16.7. The van der Waals surface area contributed by atoms with E-state index in [2.05, 4.69) is 22.4 Å². The lowest BCUT2D eigenvalue weighted by molar-refractivity contribution is -0.148. The third-order valence-electron chi connectivity index (χ3n) is 4.73. The molecule has 1 aromatic heterocycles. The summed E-state index contributed by atoms with van der Waals surface area (Å²) in [6.45, 7) is 3.81. The lowest BCUT2D eigenvalue weighted by atomic mass is 9.99. The minimum absolute atomic E-state index is 0.00906. The fourth-order valence-electron chi connectivity index (χ4n) is 3.42. The van der Waals surface area contributed by atoms with Gasteiger partial charge in [-0.2, -0.15) is 0 Å². The first-order valence-corrected chi connectivity index (χ1v) is 8.84. The van der Waals surface area contributed by atoms with Gasteiger partial charge in [-0.1, -0.05) is 6.07 Å². The molecule has 1 saturated heterocycles. The lowest BCUT2D eigenvalue weighted by Gasteiger charge is -2.18. The summed E-state index contributed by atoms with van der Waals surface area (Å²) in [6, 6.07) is 4.22. The number of fused-ring (bicyclic) bond motifs is 1. The number of hydrogen-bond acceptors (Lipinski definition) is 5. The number of esters is 1. The predicted molar refractivity (Wildman–Crippen MR) is 90.7 cm³/mol. The molecule has 0 radical (unpaired) electrons. The van der Waals surface area contributed by atoms with E-state index in [0.717, 1.165) is 50.2 Å². The zero-order valence-corrected chi connectivity index (χ0v) is 14.2. The van der Waals surface area contributed by atoms with Crippen LogP contribution in [-0.4, -0.2) is 48.0 Å². The van der Waals surface area contributed by atoms with Gasteiger partial charge in [0.1, 0.15) is 12.4 Å². The van der Waals surface area contributed by atoms with E-state index >= 15 is 0 Å². The predicted octanol–water partition coefficient (Wildman–Crippen LogP) is 1.78. The van der Waals surface area contributed by atoms with Crippen molar-refractivity contribution >= 4 is 17.7 Å². The fraction of sp³-hybridized carbons (Fsp3) is 0.611. The smallest absolute Gasteiger partial charge is 0.325 e. The van der Waals surface area contributed by atoms with E-state index < -0.39 is 0 Å². The van der Waals surface area contributed by atoms with Crippen molar-refractivity contribution in [2.75, 3.05) is 31.6 Å². The minimum Gasteiger partial charge on any atom is -0.465 e. The van der Waals surface area contributed by atoms with Crippen LogP contribution in [0.1, 0.15) is 37.4 Å². The Labute approximate surface area is 142 Å². The van der Waals surface area contributed by atoms with Crippen molar-refractivity contribution in [1.29, 1.82) is 0 Å². The third-order valence-corrected chi connectivity index (χ3v) is 4.73. The van der Waals surface area contributed by atoms with E-state index in [1.54, 1.807) is 11.8 Å². The van der Waals surface area contributed by atoms with Gasteiger partial charge in [0.2, 0.25) is 5.91 Å². The van der Waals surface area contributed by atoms with Gasteiger partial charge in [-0.3, -0.25) is 9.59 Å². The van der Waals surface area contributed by atoms with Gasteiger partial charge < -0.3 is 15.0 Å². The van der Waals surface area contributed by atoms with Crippen LogP contribution >= 0.6 is 0 Å². The standard InChI is InChI=1S/C18H25N3O3/c1-2-24-16(22)12-21-11-9-14(18(21)23)6-8-15-7-5-13-4-3-10-19-17(13)20-15/h5,7,14H,2-4,6,8-12H2,1H3,(H,19,20)/t14-/m0/s1. The molecule has 0 saturated carbocycles. The number of aryl methyl sites for hydroxylation is 2. The van der Waals surface area contributed by atoms with Crippen LogP contribution in [0.4, 0.5) is 5.82 Å². The van der Waals surface area contributed by atoms with Crippen molar-refractivity contribution in [1.82, 2.24) is 9.88 Å². The van der Waals surface area contributed by atoms with Crippen LogP contribution in [0.3, 0.4) is 0 Å². The Morgan fingerprint density at radius 3 is 3.17 bits per heavy atom. The Morgan fingerprint density at radius 2 is 2.33 bits per heavy atom. The van der Waals surface area contributed by atoms with Crippen molar-refractivity contribution in [3.8, 4) is 0 Å². The van der Waals surface area contributed by atoms with Crippen molar-refractivity contribution in [2.45, 2.75) is 39.0 Å². The van der Waals surface area contributed by atoms with E-state index in [1.165, 1.54) is 5.56 Å². The van der Waals surface area contributed by atoms with Gasteiger partial charge >= 0.3 is 5.97 Å². The summed E-state index contributed by atoms with van der Waals surface area (Å²) in [6.07, 6.45) is 4.62. The summed E-state index contributed by atoms with van der Waals surface area (Å²) in [5.74, 6) is 0.735. The van der Waals surface area contributed by atoms with Crippen LogP contribution < -0.4 is 5.32 Å². The van der Waals surface area contributed by atoms with Gasteiger partial charge in [-0.15, -0.1) is 0 Å². The number of carbonyl (C=O) groups excluding carboxylic acids is 2. The highest BCUT2D eigenvalue weighted by atomic mass is 16.5. The molecule has 1 atom stereocenters. The summed E-state index contributed by atoms with van der Waals surface area (Å²) in [5.41, 5.74) is 2.31. The molecule has 0 spiro atoms. The molecule has 1 aromatic rings. The summed E-state index contributed by atoms with van der Waals surface area (Å²) in [7, 11) is 0. The first-order chi connectivity index (χ1) is 11.7. The number of nitrogens with one attached hydrogen (secondary N) is 1. The second-order valence-electron chi connectivity index (χ2n) is 6.43. The van der Waals surface area contributed by atoms with Gasteiger partial charge in [0.25, 0.3) is 0 Å². The molecule has 2 aliphatic rings. The summed E-state index contributed by atoms with van der Waals surface area (Å²) in [4.78, 5) is 30.2. The fourth-order valence-corrected chi connectivity index (χ4v) is 3.42. The number of likely N-dealkylation sites (tertiary alicyclic amines) is 1. The van der Waals surface area contributed by atoms with E-state index in [0.29, 0.717) is 13.2 Å². The third kappa shape index (κ3) is 3.86. The molecule has 6 nitrogen and oxygen atoms in total. The molecule has 3 heterocycles. The molecule has 0 bridgehead atoms. The Morgan fingerprint density at radius 1 is 1.46 bits per heavy atom.